The molecule has 0 saturated heterocycles. The van der Waals surface area contributed by atoms with Gasteiger partial charge in [-0.05, 0) is 37.6 Å². The van der Waals surface area contributed by atoms with Crippen LogP contribution in [0.4, 0.5) is 15.2 Å². The maximum absolute atomic E-state index is 14.2. The summed E-state index contributed by atoms with van der Waals surface area (Å²) in [4.78, 5) is 35.1. The van der Waals surface area contributed by atoms with Crippen LogP contribution in [-0.2, 0) is 16.1 Å². The molecule has 0 saturated carbocycles. The first kappa shape index (κ1) is 21.6. The van der Waals surface area contributed by atoms with E-state index < -0.39 is 11.8 Å². The number of anilines is 2. The quantitative estimate of drug-likeness (QED) is 0.377. The van der Waals surface area contributed by atoms with E-state index in [0.717, 1.165) is 16.5 Å². The standard InChI is InChI=1S/C24H20FN3O3S/c1-14-18-8-4-6-10-20(18)26-15(2)22(14)23(30)31-12-17-13-32-24(27-17)28(16(3)29)21-11-7-5-9-19(21)25/h4-11,13H,12H2,1-3H3. The summed E-state index contributed by atoms with van der Waals surface area (Å²) in [7, 11) is 0. The molecule has 0 N–H and O–H groups in total. The van der Waals surface area contributed by atoms with Gasteiger partial charge in [0.1, 0.15) is 12.4 Å². The molecule has 1 amide bonds. The van der Waals surface area contributed by atoms with Gasteiger partial charge in [-0.3, -0.25) is 14.7 Å². The van der Waals surface area contributed by atoms with Crippen molar-refractivity contribution in [3.63, 3.8) is 0 Å². The van der Waals surface area contributed by atoms with Gasteiger partial charge in [-0.1, -0.05) is 30.3 Å². The lowest BCUT2D eigenvalue weighted by molar-refractivity contribution is -0.115. The highest BCUT2D eigenvalue weighted by atomic mass is 32.1. The first-order valence-corrected chi connectivity index (χ1v) is 10.8. The Hall–Kier alpha value is -3.65. The first-order valence-electron chi connectivity index (χ1n) is 9.89. The number of aromatic nitrogens is 2. The number of hydrogen-bond donors (Lipinski definition) is 0. The minimum Gasteiger partial charge on any atom is -0.455 e. The van der Waals surface area contributed by atoms with Gasteiger partial charge in [0.25, 0.3) is 0 Å². The number of ether oxygens (including phenoxy) is 1. The van der Waals surface area contributed by atoms with Crippen LogP contribution in [0.1, 0.15) is 34.2 Å². The van der Waals surface area contributed by atoms with E-state index in [1.165, 1.54) is 35.3 Å². The Balaban J connectivity index is 1.55. The van der Waals surface area contributed by atoms with Gasteiger partial charge in [0, 0.05) is 17.7 Å². The summed E-state index contributed by atoms with van der Waals surface area (Å²) >= 11 is 1.17. The number of aryl methyl sites for hydroxylation is 2. The maximum Gasteiger partial charge on any atom is 0.340 e. The van der Waals surface area contributed by atoms with E-state index in [0.29, 0.717) is 22.1 Å². The zero-order valence-corrected chi connectivity index (χ0v) is 18.6. The minimum atomic E-state index is -0.527. The largest absolute Gasteiger partial charge is 0.455 e. The molecule has 6 nitrogen and oxygen atoms in total. The molecule has 0 atom stereocenters. The predicted octanol–water partition coefficient (Wildman–Crippen LogP) is 5.49. The van der Waals surface area contributed by atoms with Gasteiger partial charge >= 0.3 is 5.97 Å². The molecule has 0 bridgehead atoms. The smallest absolute Gasteiger partial charge is 0.340 e. The summed E-state index contributed by atoms with van der Waals surface area (Å²) < 4.78 is 19.7. The number of amides is 1. The number of hydrogen-bond acceptors (Lipinski definition) is 6. The van der Waals surface area contributed by atoms with Crippen LogP contribution >= 0.6 is 11.3 Å². The van der Waals surface area contributed by atoms with E-state index in [2.05, 4.69) is 9.97 Å². The lowest BCUT2D eigenvalue weighted by atomic mass is 10.0. The van der Waals surface area contributed by atoms with Crippen molar-refractivity contribution < 1.29 is 18.7 Å². The molecule has 0 aliphatic heterocycles. The number of fused-ring (bicyclic) bond motifs is 1. The third-order valence-electron chi connectivity index (χ3n) is 5.03. The second-order valence-electron chi connectivity index (χ2n) is 7.22. The molecule has 0 spiro atoms. The molecule has 8 heteroatoms. The molecular weight excluding hydrogens is 429 g/mol. The minimum absolute atomic E-state index is 0.0793. The molecule has 0 aliphatic rings. The molecule has 0 aliphatic carbocycles. The molecule has 32 heavy (non-hydrogen) atoms. The molecular formula is C24H20FN3O3S. The highest BCUT2D eigenvalue weighted by Gasteiger charge is 2.22. The Morgan fingerprint density at radius 3 is 2.53 bits per heavy atom. The van der Waals surface area contributed by atoms with E-state index in [4.69, 9.17) is 4.74 Å². The normalized spacial score (nSPS) is 10.9. The van der Waals surface area contributed by atoms with Crippen LogP contribution in [0.5, 0.6) is 0 Å². The summed E-state index contributed by atoms with van der Waals surface area (Å²) in [6, 6.07) is 13.6. The van der Waals surface area contributed by atoms with Gasteiger partial charge in [-0.2, -0.15) is 0 Å². The first-order chi connectivity index (χ1) is 15.4. The second-order valence-corrected chi connectivity index (χ2v) is 8.05. The van der Waals surface area contributed by atoms with E-state index in [-0.39, 0.29) is 18.2 Å². The lowest BCUT2D eigenvalue weighted by Gasteiger charge is -2.18. The third-order valence-corrected chi connectivity index (χ3v) is 5.90. The average molecular weight is 450 g/mol. The van der Waals surface area contributed by atoms with Crippen LogP contribution in [0.2, 0.25) is 0 Å². The van der Waals surface area contributed by atoms with Crippen molar-refractivity contribution in [2.45, 2.75) is 27.4 Å². The molecule has 4 rings (SSSR count). The maximum atomic E-state index is 14.2. The number of nitrogens with zero attached hydrogens (tertiary/aromatic N) is 3. The molecule has 2 aromatic heterocycles. The molecule has 162 valence electrons. The molecule has 0 radical (unpaired) electrons. The van der Waals surface area contributed by atoms with Gasteiger partial charge in [-0.15, -0.1) is 11.3 Å². The highest BCUT2D eigenvalue weighted by molar-refractivity contribution is 7.14. The van der Waals surface area contributed by atoms with Crippen molar-refractivity contribution in [1.82, 2.24) is 9.97 Å². The van der Waals surface area contributed by atoms with Crippen molar-refractivity contribution in [2.75, 3.05) is 4.90 Å². The fourth-order valence-corrected chi connectivity index (χ4v) is 4.41. The lowest BCUT2D eigenvalue weighted by Crippen LogP contribution is -2.23. The number of carbonyl (C=O) groups excluding carboxylic acids is 2. The van der Waals surface area contributed by atoms with Gasteiger partial charge < -0.3 is 4.74 Å². The monoisotopic (exact) mass is 449 g/mol. The van der Waals surface area contributed by atoms with Crippen LogP contribution in [0.3, 0.4) is 0 Å². The van der Waals surface area contributed by atoms with Crippen molar-refractivity contribution >= 4 is 44.9 Å². The van der Waals surface area contributed by atoms with E-state index >= 15 is 0 Å². The Bertz CT molecular complexity index is 1340. The summed E-state index contributed by atoms with van der Waals surface area (Å²) in [6.07, 6.45) is 0. The van der Waals surface area contributed by atoms with Crippen LogP contribution in [-0.4, -0.2) is 21.8 Å². The van der Waals surface area contributed by atoms with Crippen LogP contribution in [0.25, 0.3) is 10.9 Å². The third kappa shape index (κ3) is 4.09. The summed E-state index contributed by atoms with van der Waals surface area (Å²) in [5.41, 5.74) is 3.22. The Kier molecular flexibility index (Phi) is 5.96. The van der Waals surface area contributed by atoms with E-state index in [9.17, 15) is 14.0 Å². The Labute approximate surface area is 188 Å². The number of para-hydroxylation sites is 2. The summed E-state index contributed by atoms with van der Waals surface area (Å²) in [5.74, 6) is -1.40. The molecule has 2 aromatic carbocycles. The SMILES string of the molecule is CC(=O)N(c1nc(COC(=O)c2c(C)nc3ccccc3c2C)cs1)c1ccccc1F. The molecule has 2 heterocycles. The van der Waals surface area contributed by atoms with Crippen molar-refractivity contribution in [1.29, 1.82) is 0 Å². The van der Waals surface area contributed by atoms with Crippen LogP contribution < -0.4 is 4.90 Å². The average Bonchev–Trinajstić information content (AvgIpc) is 3.22. The topological polar surface area (TPSA) is 72.4 Å². The van der Waals surface area contributed by atoms with Crippen molar-refractivity contribution in [3.05, 3.63) is 82.2 Å². The Morgan fingerprint density at radius 1 is 1.06 bits per heavy atom. The number of esters is 1. The van der Waals surface area contributed by atoms with E-state index in [1.807, 2.05) is 31.2 Å². The predicted molar refractivity (Wildman–Crippen MR) is 122 cm³/mol. The fraction of sp³-hybridized carbons (Fsp3) is 0.167. The van der Waals surface area contributed by atoms with Crippen LogP contribution in [0, 0.1) is 19.7 Å². The van der Waals surface area contributed by atoms with Crippen molar-refractivity contribution in [2.24, 2.45) is 0 Å². The Morgan fingerprint density at radius 2 is 1.78 bits per heavy atom. The molecule has 0 fully saturated rings. The van der Waals surface area contributed by atoms with E-state index in [1.54, 1.807) is 24.4 Å². The number of thiazole rings is 1. The number of pyridine rings is 1. The van der Waals surface area contributed by atoms with Gasteiger partial charge in [-0.25, -0.2) is 14.2 Å². The number of halogens is 1. The molecule has 0 unspecified atom stereocenters. The zero-order valence-electron chi connectivity index (χ0n) is 17.8. The van der Waals surface area contributed by atoms with Crippen molar-refractivity contribution in [3.8, 4) is 0 Å². The van der Waals surface area contributed by atoms with Gasteiger partial charge in [0.05, 0.1) is 28.2 Å². The van der Waals surface area contributed by atoms with Gasteiger partial charge in [0.15, 0.2) is 5.13 Å². The number of rotatable bonds is 5. The fourth-order valence-electron chi connectivity index (χ4n) is 3.55. The second kappa shape index (κ2) is 8.84. The van der Waals surface area contributed by atoms with Gasteiger partial charge in [0.2, 0.25) is 5.91 Å². The number of carbonyl (C=O) groups is 2. The zero-order chi connectivity index (χ0) is 22.8. The molecule has 4 aromatic rings. The highest BCUT2D eigenvalue weighted by Crippen LogP contribution is 2.31. The number of benzene rings is 2. The summed E-state index contributed by atoms with van der Waals surface area (Å²) in [6.45, 7) is 4.90. The summed E-state index contributed by atoms with van der Waals surface area (Å²) in [5, 5.41) is 2.87. The van der Waals surface area contributed by atoms with Crippen LogP contribution in [0.15, 0.2) is 53.9 Å².